The van der Waals surface area contributed by atoms with E-state index in [-0.39, 0.29) is 5.91 Å². The van der Waals surface area contributed by atoms with E-state index in [9.17, 15) is 9.59 Å². The van der Waals surface area contributed by atoms with Gasteiger partial charge in [-0.3, -0.25) is 14.5 Å². The SMILES string of the molecule is CN1/C(=C2/S/C(=N\c3cccc(C(N)=O)c3)N(Cc3ccccc3)C2=O)Sc2ccccc21. The average molecular weight is 473 g/mol. The molecule has 2 aliphatic heterocycles. The maximum absolute atomic E-state index is 13.6. The van der Waals surface area contributed by atoms with Crippen LogP contribution >= 0.6 is 23.5 Å². The summed E-state index contributed by atoms with van der Waals surface area (Å²) in [5.41, 5.74) is 8.46. The number of aliphatic imine (C=N–C) groups is 1. The number of primary amides is 1. The first kappa shape index (κ1) is 21.4. The minimum absolute atomic E-state index is 0.0872. The van der Waals surface area contributed by atoms with Gasteiger partial charge in [-0.1, -0.05) is 60.3 Å². The number of carbonyl (C=O) groups is 2. The van der Waals surface area contributed by atoms with Crippen LogP contribution in [0.4, 0.5) is 11.4 Å². The van der Waals surface area contributed by atoms with E-state index in [1.807, 2.05) is 55.6 Å². The van der Waals surface area contributed by atoms with Crippen LogP contribution in [-0.2, 0) is 11.3 Å². The number of amides is 2. The lowest BCUT2D eigenvalue weighted by Crippen LogP contribution is -2.29. The molecule has 0 unspecified atom stereocenters. The van der Waals surface area contributed by atoms with Crippen molar-refractivity contribution in [2.45, 2.75) is 11.4 Å². The van der Waals surface area contributed by atoms with E-state index < -0.39 is 5.91 Å². The first-order valence-corrected chi connectivity index (χ1v) is 11.9. The summed E-state index contributed by atoms with van der Waals surface area (Å²) < 4.78 is 0. The number of rotatable bonds is 4. The Balaban J connectivity index is 1.56. The number of nitrogens with zero attached hydrogens (tertiary/aromatic N) is 3. The lowest BCUT2D eigenvalue weighted by atomic mass is 10.2. The van der Waals surface area contributed by atoms with Crippen molar-refractivity contribution < 1.29 is 9.59 Å². The van der Waals surface area contributed by atoms with Gasteiger partial charge in [-0.05, 0) is 47.7 Å². The Labute approximate surface area is 200 Å². The van der Waals surface area contributed by atoms with E-state index >= 15 is 0 Å². The van der Waals surface area contributed by atoms with Crippen molar-refractivity contribution in [3.63, 3.8) is 0 Å². The fraction of sp³-hybridized carbons (Fsp3) is 0.0800. The number of fused-ring (bicyclic) bond motifs is 1. The second-order valence-electron chi connectivity index (χ2n) is 7.55. The molecule has 0 bridgehead atoms. The standard InChI is InChI=1S/C25H20N4O2S2/c1-28-19-12-5-6-13-20(19)32-24(28)21-23(31)29(15-16-8-3-2-4-9-16)25(33-21)27-18-11-7-10-17(14-18)22(26)30/h2-14H,15H2,1H3,(H2,26,30)/b24-21-,27-25-. The highest BCUT2D eigenvalue weighted by Crippen LogP contribution is 2.50. The van der Waals surface area contributed by atoms with Gasteiger partial charge in [0.15, 0.2) is 5.17 Å². The van der Waals surface area contributed by atoms with Crippen molar-refractivity contribution in [1.82, 2.24) is 4.90 Å². The highest BCUT2D eigenvalue weighted by molar-refractivity contribution is 8.19. The largest absolute Gasteiger partial charge is 0.366 e. The fourth-order valence-corrected chi connectivity index (χ4v) is 6.01. The molecule has 8 heteroatoms. The quantitative estimate of drug-likeness (QED) is 0.543. The van der Waals surface area contributed by atoms with Crippen LogP contribution in [-0.4, -0.2) is 28.9 Å². The molecule has 3 aromatic rings. The Morgan fingerprint density at radius 2 is 1.73 bits per heavy atom. The number of hydrogen-bond donors (Lipinski definition) is 1. The molecule has 3 aromatic carbocycles. The monoisotopic (exact) mass is 472 g/mol. The molecule has 33 heavy (non-hydrogen) atoms. The predicted octanol–water partition coefficient (Wildman–Crippen LogP) is 4.96. The van der Waals surface area contributed by atoms with Gasteiger partial charge >= 0.3 is 0 Å². The number of amidine groups is 1. The molecule has 5 rings (SSSR count). The van der Waals surface area contributed by atoms with E-state index in [1.54, 1.807) is 40.9 Å². The van der Waals surface area contributed by atoms with Crippen molar-refractivity contribution in [3.8, 4) is 0 Å². The Hall–Kier alpha value is -3.49. The van der Waals surface area contributed by atoms with Crippen LogP contribution < -0.4 is 10.6 Å². The van der Waals surface area contributed by atoms with Gasteiger partial charge in [-0.15, -0.1) is 0 Å². The molecule has 6 nitrogen and oxygen atoms in total. The van der Waals surface area contributed by atoms with E-state index in [4.69, 9.17) is 10.7 Å². The maximum Gasteiger partial charge on any atom is 0.269 e. The molecule has 0 saturated carbocycles. The van der Waals surface area contributed by atoms with Gasteiger partial charge in [-0.2, -0.15) is 0 Å². The van der Waals surface area contributed by atoms with E-state index in [0.29, 0.717) is 27.9 Å². The first-order chi connectivity index (χ1) is 16.0. The fourth-order valence-electron chi connectivity index (χ4n) is 3.66. The Morgan fingerprint density at radius 3 is 2.48 bits per heavy atom. The number of anilines is 1. The Morgan fingerprint density at radius 1 is 0.970 bits per heavy atom. The zero-order valence-corrected chi connectivity index (χ0v) is 19.4. The van der Waals surface area contributed by atoms with Crippen LogP contribution in [0.1, 0.15) is 15.9 Å². The van der Waals surface area contributed by atoms with Gasteiger partial charge in [0.2, 0.25) is 5.91 Å². The summed E-state index contributed by atoms with van der Waals surface area (Å²) in [6, 6.07) is 24.7. The molecule has 164 valence electrons. The molecule has 0 aromatic heterocycles. The van der Waals surface area contributed by atoms with Crippen LogP contribution in [0.3, 0.4) is 0 Å². The third-order valence-corrected chi connectivity index (χ3v) is 7.77. The number of carbonyl (C=O) groups excluding carboxylic acids is 2. The summed E-state index contributed by atoms with van der Waals surface area (Å²) in [6.07, 6.45) is 0. The first-order valence-electron chi connectivity index (χ1n) is 10.3. The van der Waals surface area contributed by atoms with Gasteiger partial charge in [0.1, 0.15) is 4.91 Å². The van der Waals surface area contributed by atoms with Crippen molar-refractivity contribution >= 4 is 51.9 Å². The van der Waals surface area contributed by atoms with E-state index in [0.717, 1.165) is 21.2 Å². The van der Waals surface area contributed by atoms with Crippen LogP contribution in [0.5, 0.6) is 0 Å². The summed E-state index contributed by atoms with van der Waals surface area (Å²) in [7, 11) is 1.97. The molecular weight excluding hydrogens is 452 g/mol. The molecule has 0 aliphatic carbocycles. The van der Waals surface area contributed by atoms with Gasteiger partial charge in [-0.25, -0.2) is 4.99 Å². The normalized spacial score (nSPS) is 18.8. The number of nitrogens with two attached hydrogens (primary N) is 1. The predicted molar refractivity (Wildman–Crippen MR) is 134 cm³/mol. The van der Waals surface area contributed by atoms with E-state index in [2.05, 4.69) is 11.0 Å². The molecule has 2 N–H and O–H groups in total. The van der Waals surface area contributed by atoms with Crippen LogP contribution in [0.25, 0.3) is 0 Å². The third kappa shape index (κ3) is 4.15. The van der Waals surface area contributed by atoms with Crippen LogP contribution in [0, 0.1) is 0 Å². The van der Waals surface area contributed by atoms with E-state index in [1.165, 1.54) is 11.8 Å². The highest BCUT2D eigenvalue weighted by Gasteiger charge is 2.39. The molecular formula is C25H20N4O2S2. The summed E-state index contributed by atoms with van der Waals surface area (Å²) in [5, 5.41) is 1.46. The minimum Gasteiger partial charge on any atom is -0.366 e. The second kappa shape index (κ2) is 8.80. The number of benzene rings is 3. The van der Waals surface area contributed by atoms with Gasteiger partial charge in [0.05, 0.1) is 22.9 Å². The van der Waals surface area contributed by atoms with Crippen molar-refractivity contribution in [2.75, 3.05) is 11.9 Å². The maximum atomic E-state index is 13.6. The molecule has 0 atom stereocenters. The summed E-state index contributed by atoms with van der Waals surface area (Å²) >= 11 is 2.94. The number of hydrogen-bond acceptors (Lipinski definition) is 6. The molecule has 1 fully saturated rings. The molecule has 2 heterocycles. The zero-order valence-electron chi connectivity index (χ0n) is 17.8. The van der Waals surface area contributed by atoms with Gasteiger partial charge in [0.25, 0.3) is 5.91 Å². The highest BCUT2D eigenvalue weighted by atomic mass is 32.2. The second-order valence-corrected chi connectivity index (χ2v) is 9.56. The third-order valence-electron chi connectivity index (χ3n) is 5.33. The van der Waals surface area contributed by atoms with Crippen molar-refractivity contribution in [1.29, 1.82) is 0 Å². The van der Waals surface area contributed by atoms with Crippen molar-refractivity contribution in [2.24, 2.45) is 10.7 Å². The van der Waals surface area contributed by atoms with Gasteiger partial charge < -0.3 is 10.6 Å². The topological polar surface area (TPSA) is 79.0 Å². The lowest BCUT2D eigenvalue weighted by Gasteiger charge is -2.17. The number of thioether (sulfide) groups is 2. The molecule has 0 spiro atoms. The average Bonchev–Trinajstić information content (AvgIpc) is 3.31. The van der Waals surface area contributed by atoms with Crippen LogP contribution in [0.15, 0.2) is 98.7 Å². The number of para-hydroxylation sites is 1. The minimum atomic E-state index is -0.516. The Kier molecular flexibility index (Phi) is 5.70. The smallest absolute Gasteiger partial charge is 0.269 e. The summed E-state index contributed by atoms with van der Waals surface area (Å²) in [5.74, 6) is -0.603. The summed E-state index contributed by atoms with van der Waals surface area (Å²) in [4.78, 5) is 35.5. The zero-order chi connectivity index (χ0) is 22.9. The molecule has 2 amide bonds. The molecule has 2 aliphatic rings. The summed E-state index contributed by atoms with van der Waals surface area (Å²) in [6.45, 7) is 0.402. The van der Waals surface area contributed by atoms with Crippen LogP contribution in [0.2, 0.25) is 0 Å². The molecule has 1 saturated heterocycles. The molecule has 0 radical (unpaired) electrons. The Bertz CT molecular complexity index is 1320. The van der Waals surface area contributed by atoms with Crippen molar-refractivity contribution in [3.05, 3.63) is 99.9 Å². The van der Waals surface area contributed by atoms with Gasteiger partial charge in [0, 0.05) is 17.5 Å². The lowest BCUT2D eigenvalue weighted by molar-refractivity contribution is -0.122.